The van der Waals surface area contributed by atoms with Gasteiger partial charge in [-0.25, -0.2) is 12.8 Å². The van der Waals surface area contributed by atoms with E-state index in [1.54, 1.807) is 24.3 Å². The molecule has 0 atom stereocenters. The van der Waals surface area contributed by atoms with Gasteiger partial charge in [-0.3, -0.25) is 4.79 Å². The smallest absolute Gasteiger partial charge is 0.243 e. The van der Waals surface area contributed by atoms with Gasteiger partial charge in [-0.15, -0.1) is 5.10 Å². The van der Waals surface area contributed by atoms with Crippen molar-refractivity contribution in [3.8, 4) is 5.69 Å². The molecule has 1 aromatic heterocycles. The molecule has 12 heteroatoms. The van der Waals surface area contributed by atoms with Gasteiger partial charge in [0.25, 0.3) is 0 Å². The topological polar surface area (TPSA) is 110 Å². The van der Waals surface area contributed by atoms with E-state index >= 15 is 0 Å². The number of nitrogens with zero attached hydrogens (tertiary/aromatic N) is 5. The predicted octanol–water partition coefficient (Wildman–Crippen LogP) is 3.10. The summed E-state index contributed by atoms with van der Waals surface area (Å²) in [6, 6.07) is 12.0. The molecule has 2 heterocycles. The van der Waals surface area contributed by atoms with Crippen LogP contribution in [0, 0.1) is 5.82 Å². The van der Waals surface area contributed by atoms with E-state index in [4.69, 9.17) is 0 Å². The molecule has 0 bridgehead atoms. The molecule has 1 aliphatic heterocycles. The van der Waals surface area contributed by atoms with Crippen LogP contribution in [0.1, 0.15) is 25.7 Å². The molecule has 0 unspecified atom stereocenters. The molecular formula is C21H23FN6O3S2. The summed E-state index contributed by atoms with van der Waals surface area (Å²) >= 11 is 1.10. The van der Waals surface area contributed by atoms with Crippen LogP contribution in [0.5, 0.6) is 0 Å². The number of aromatic nitrogens is 4. The van der Waals surface area contributed by atoms with Crippen molar-refractivity contribution in [2.24, 2.45) is 0 Å². The number of sulfonamides is 1. The summed E-state index contributed by atoms with van der Waals surface area (Å²) in [6.45, 7) is 1.07. The van der Waals surface area contributed by atoms with E-state index in [1.165, 1.54) is 33.3 Å². The molecule has 1 aliphatic rings. The van der Waals surface area contributed by atoms with E-state index in [1.807, 2.05) is 0 Å². The van der Waals surface area contributed by atoms with Gasteiger partial charge in [0.2, 0.25) is 21.1 Å². The summed E-state index contributed by atoms with van der Waals surface area (Å²) in [4.78, 5) is 12.6. The average molecular weight is 491 g/mol. The standard InChI is InChI=1S/C21H23FN6O3S2/c22-16-6-5-7-18(14-16)28-21(24-25-26-28)32-15-20(29)23-17-8-10-19(11-9-17)33(30,31)27-12-3-1-2-4-13-27/h5-11,14H,1-4,12-13,15H2,(H,23,29). The van der Waals surface area contributed by atoms with Crippen LogP contribution < -0.4 is 5.32 Å². The van der Waals surface area contributed by atoms with Crippen molar-refractivity contribution in [3.05, 3.63) is 54.3 Å². The first-order valence-electron chi connectivity index (χ1n) is 10.5. The van der Waals surface area contributed by atoms with E-state index < -0.39 is 15.8 Å². The number of benzene rings is 2. The lowest BCUT2D eigenvalue weighted by Crippen LogP contribution is -2.31. The molecule has 3 aromatic rings. The molecule has 1 fully saturated rings. The number of carbonyl (C=O) groups is 1. The van der Waals surface area contributed by atoms with Gasteiger partial charge in [0.1, 0.15) is 5.82 Å². The number of carbonyl (C=O) groups excluding carboxylic acids is 1. The molecule has 9 nitrogen and oxygen atoms in total. The van der Waals surface area contributed by atoms with Crippen molar-refractivity contribution in [2.45, 2.75) is 35.7 Å². The van der Waals surface area contributed by atoms with Gasteiger partial charge in [0.15, 0.2) is 0 Å². The van der Waals surface area contributed by atoms with Crippen molar-refractivity contribution < 1.29 is 17.6 Å². The van der Waals surface area contributed by atoms with Crippen molar-refractivity contribution in [1.29, 1.82) is 0 Å². The predicted molar refractivity (Wildman–Crippen MR) is 122 cm³/mol. The molecule has 2 aromatic carbocycles. The molecular weight excluding hydrogens is 467 g/mol. The summed E-state index contributed by atoms with van der Waals surface area (Å²) in [6.07, 6.45) is 3.83. The number of tetrazole rings is 1. The Morgan fingerprint density at radius 3 is 2.48 bits per heavy atom. The zero-order chi connectivity index (χ0) is 23.3. The Balaban J connectivity index is 1.36. The number of nitrogens with one attached hydrogen (secondary N) is 1. The maximum absolute atomic E-state index is 13.5. The highest BCUT2D eigenvalue weighted by Crippen LogP contribution is 2.23. The van der Waals surface area contributed by atoms with E-state index in [0.717, 1.165) is 37.4 Å². The fourth-order valence-electron chi connectivity index (χ4n) is 3.51. The first kappa shape index (κ1) is 23.3. The zero-order valence-electron chi connectivity index (χ0n) is 17.7. The Morgan fingerprint density at radius 2 is 1.79 bits per heavy atom. The number of rotatable bonds is 7. The molecule has 33 heavy (non-hydrogen) atoms. The van der Waals surface area contributed by atoms with Crippen molar-refractivity contribution in [3.63, 3.8) is 0 Å². The van der Waals surface area contributed by atoms with Crippen LogP contribution in [0.4, 0.5) is 10.1 Å². The summed E-state index contributed by atoms with van der Waals surface area (Å²) in [5.41, 5.74) is 0.934. The highest BCUT2D eigenvalue weighted by molar-refractivity contribution is 7.99. The van der Waals surface area contributed by atoms with Crippen LogP contribution in [-0.2, 0) is 14.8 Å². The third kappa shape index (κ3) is 5.75. The fourth-order valence-corrected chi connectivity index (χ4v) is 5.72. The Hall–Kier alpha value is -2.83. The average Bonchev–Trinajstić information content (AvgIpc) is 3.09. The van der Waals surface area contributed by atoms with Gasteiger partial charge in [0.05, 0.1) is 16.3 Å². The Kier molecular flexibility index (Phi) is 7.36. The van der Waals surface area contributed by atoms with Gasteiger partial charge in [-0.2, -0.15) is 8.99 Å². The van der Waals surface area contributed by atoms with E-state index in [0.29, 0.717) is 29.6 Å². The fraction of sp³-hybridized carbons (Fsp3) is 0.333. The van der Waals surface area contributed by atoms with Crippen LogP contribution in [0.25, 0.3) is 5.69 Å². The third-order valence-corrected chi connectivity index (χ3v) is 8.00. The zero-order valence-corrected chi connectivity index (χ0v) is 19.4. The Morgan fingerprint density at radius 1 is 1.06 bits per heavy atom. The lowest BCUT2D eigenvalue weighted by molar-refractivity contribution is -0.113. The summed E-state index contributed by atoms with van der Waals surface area (Å²) in [5, 5.41) is 14.4. The molecule has 0 spiro atoms. The normalized spacial score (nSPS) is 15.2. The molecule has 1 amide bonds. The lowest BCUT2D eigenvalue weighted by atomic mass is 10.2. The molecule has 4 rings (SSSR count). The van der Waals surface area contributed by atoms with Crippen molar-refractivity contribution in [1.82, 2.24) is 24.5 Å². The second-order valence-corrected chi connectivity index (χ2v) is 10.4. The molecule has 0 aliphatic carbocycles. The number of thioether (sulfide) groups is 1. The number of hydrogen-bond donors (Lipinski definition) is 1. The van der Waals surface area contributed by atoms with Crippen LogP contribution in [0.3, 0.4) is 0 Å². The monoisotopic (exact) mass is 490 g/mol. The highest BCUT2D eigenvalue weighted by atomic mass is 32.2. The van der Waals surface area contributed by atoms with Gasteiger partial charge in [0, 0.05) is 18.8 Å². The number of anilines is 1. The largest absolute Gasteiger partial charge is 0.325 e. The van der Waals surface area contributed by atoms with Crippen LogP contribution in [0.15, 0.2) is 58.6 Å². The minimum Gasteiger partial charge on any atom is -0.325 e. The van der Waals surface area contributed by atoms with Gasteiger partial charge < -0.3 is 5.32 Å². The number of amides is 1. The quantitative estimate of drug-likeness (QED) is 0.507. The second kappa shape index (κ2) is 10.4. The van der Waals surface area contributed by atoms with E-state index in [-0.39, 0.29) is 16.6 Å². The number of halogens is 1. The van der Waals surface area contributed by atoms with Crippen LogP contribution in [-0.4, -0.2) is 57.7 Å². The van der Waals surface area contributed by atoms with Crippen molar-refractivity contribution in [2.75, 3.05) is 24.2 Å². The van der Waals surface area contributed by atoms with Gasteiger partial charge in [-0.05, 0) is 65.7 Å². The first-order chi connectivity index (χ1) is 15.9. The van der Waals surface area contributed by atoms with E-state index in [9.17, 15) is 17.6 Å². The summed E-state index contributed by atoms with van der Waals surface area (Å²) in [5.74, 6) is -0.710. The molecule has 0 radical (unpaired) electrons. The van der Waals surface area contributed by atoms with E-state index in [2.05, 4.69) is 20.8 Å². The summed E-state index contributed by atoms with van der Waals surface area (Å²) < 4.78 is 42.1. The third-order valence-electron chi connectivity index (χ3n) is 5.17. The highest BCUT2D eigenvalue weighted by Gasteiger charge is 2.25. The van der Waals surface area contributed by atoms with Crippen molar-refractivity contribution >= 4 is 33.4 Å². The maximum atomic E-state index is 13.5. The maximum Gasteiger partial charge on any atom is 0.243 e. The molecule has 0 saturated carbocycles. The summed E-state index contributed by atoms with van der Waals surface area (Å²) in [7, 11) is -3.54. The van der Waals surface area contributed by atoms with Gasteiger partial charge >= 0.3 is 0 Å². The first-order valence-corrected chi connectivity index (χ1v) is 12.9. The SMILES string of the molecule is O=C(CSc1nnnn1-c1cccc(F)c1)Nc1ccc(S(=O)(=O)N2CCCCCC2)cc1. The minimum absolute atomic E-state index is 0.0174. The van der Waals surface area contributed by atoms with Crippen LogP contribution in [0.2, 0.25) is 0 Å². The molecule has 1 saturated heterocycles. The lowest BCUT2D eigenvalue weighted by Gasteiger charge is -2.20. The van der Waals surface area contributed by atoms with Crippen LogP contribution >= 0.6 is 11.8 Å². The second-order valence-electron chi connectivity index (χ2n) is 7.53. The Labute approximate surface area is 195 Å². The molecule has 174 valence electrons. The Bertz CT molecular complexity index is 1210. The van der Waals surface area contributed by atoms with Gasteiger partial charge in [-0.1, -0.05) is 30.7 Å². The number of hydrogen-bond acceptors (Lipinski definition) is 7. The molecule has 1 N–H and O–H groups in total. The minimum atomic E-state index is -3.54.